The van der Waals surface area contributed by atoms with Crippen molar-refractivity contribution in [3.05, 3.63) is 6.42 Å². The minimum Gasteiger partial charge on any atom is -0.380 e. The van der Waals surface area contributed by atoms with Crippen LogP contribution in [-0.2, 0) is 4.74 Å². The zero-order valence-electron chi connectivity index (χ0n) is 4.48. The van der Waals surface area contributed by atoms with Gasteiger partial charge in [0.15, 0.2) is 0 Å². The molecule has 1 radical (unpaired) electrons. The van der Waals surface area contributed by atoms with Crippen molar-refractivity contribution in [2.45, 2.75) is 6.10 Å². The van der Waals surface area contributed by atoms with Crippen LogP contribution in [0.2, 0.25) is 0 Å². The lowest BCUT2D eigenvalue weighted by atomic mass is 10.3. The fraction of sp³-hybridized carbons (Fsp3) is 0.800. The maximum Gasteiger partial charge on any atom is 0.0739 e. The van der Waals surface area contributed by atoms with E-state index in [0.717, 1.165) is 13.1 Å². The van der Waals surface area contributed by atoms with Crippen molar-refractivity contribution in [3.8, 4) is 0 Å². The standard InChI is InChI=1S/C5H10NO/c1-7-5-2-3-6-4-5/h2,5-6H,3-4H2,1H3/t5-/m1/s1. The molecule has 0 unspecified atom stereocenters. The van der Waals surface area contributed by atoms with Crippen LogP contribution in [0.15, 0.2) is 0 Å². The summed E-state index contributed by atoms with van der Waals surface area (Å²) in [5, 5.41) is 3.14. The molecule has 0 spiro atoms. The van der Waals surface area contributed by atoms with Crippen LogP contribution in [-0.4, -0.2) is 26.3 Å². The molecule has 0 bridgehead atoms. The number of hydrogen-bond acceptors (Lipinski definition) is 2. The molecule has 0 aromatic heterocycles. The van der Waals surface area contributed by atoms with Gasteiger partial charge in [-0.15, -0.1) is 0 Å². The Morgan fingerprint density at radius 2 is 2.71 bits per heavy atom. The maximum atomic E-state index is 4.99. The number of hydrogen-bond donors (Lipinski definition) is 1. The van der Waals surface area contributed by atoms with Crippen LogP contribution in [0, 0.1) is 6.42 Å². The van der Waals surface area contributed by atoms with Crippen molar-refractivity contribution in [2.24, 2.45) is 0 Å². The molecule has 1 heterocycles. The van der Waals surface area contributed by atoms with E-state index < -0.39 is 0 Å². The van der Waals surface area contributed by atoms with Gasteiger partial charge in [-0.2, -0.15) is 0 Å². The SMILES string of the molecule is CO[C@@H]1[CH]CNC1. The molecule has 1 aliphatic heterocycles. The summed E-state index contributed by atoms with van der Waals surface area (Å²) < 4.78 is 4.99. The molecule has 41 valence electrons. The Labute approximate surface area is 43.9 Å². The topological polar surface area (TPSA) is 21.3 Å². The smallest absolute Gasteiger partial charge is 0.0739 e. The summed E-state index contributed by atoms with van der Waals surface area (Å²) in [4.78, 5) is 0. The highest BCUT2D eigenvalue weighted by Crippen LogP contribution is 1.97. The van der Waals surface area contributed by atoms with E-state index in [2.05, 4.69) is 11.7 Å². The molecule has 1 N–H and O–H groups in total. The lowest BCUT2D eigenvalue weighted by Crippen LogP contribution is -2.14. The van der Waals surface area contributed by atoms with Gasteiger partial charge in [0, 0.05) is 26.6 Å². The number of rotatable bonds is 1. The van der Waals surface area contributed by atoms with Crippen LogP contribution in [0.5, 0.6) is 0 Å². The molecule has 0 aromatic rings. The highest BCUT2D eigenvalue weighted by atomic mass is 16.5. The zero-order valence-corrected chi connectivity index (χ0v) is 4.48. The largest absolute Gasteiger partial charge is 0.380 e. The Balaban J connectivity index is 2.14. The highest BCUT2D eigenvalue weighted by Gasteiger charge is 2.11. The molecule has 1 aliphatic rings. The molecular weight excluding hydrogens is 90.1 g/mol. The first kappa shape index (κ1) is 5.06. The molecule has 7 heavy (non-hydrogen) atoms. The number of methoxy groups -OCH3 is 1. The fourth-order valence-electron chi connectivity index (χ4n) is 0.703. The molecule has 0 amide bonds. The summed E-state index contributed by atoms with van der Waals surface area (Å²) in [6, 6.07) is 0. The average molecular weight is 100 g/mol. The van der Waals surface area contributed by atoms with Crippen molar-refractivity contribution in [2.75, 3.05) is 20.2 Å². The van der Waals surface area contributed by atoms with Gasteiger partial charge in [0.05, 0.1) is 6.10 Å². The van der Waals surface area contributed by atoms with E-state index in [1.165, 1.54) is 0 Å². The van der Waals surface area contributed by atoms with Gasteiger partial charge < -0.3 is 10.1 Å². The molecule has 0 aliphatic carbocycles. The third-order valence-electron chi connectivity index (χ3n) is 1.17. The predicted molar refractivity (Wildman–Crippen MR) is 28.0 cm³/mol. The van der Waals surface area contributed by atoms with Gasteiger partial charge in [0.1, 0.15) is 0 Å². The average Bonchev–Trinajstić information content (AvgIpc) is 2.14. The van der Waals surface area contributed by atoms with Crippen LogP contribution >= 0.6 is 0 Å². The monoisotopic (exact) mass is 100 g/mol. The first-order valence-electron chi connectivity index (χ1n) is 2.50. The molecule has 0 saturated carbocycles. The first-order valence-corrected chi connectivity index (χ1v) is 2.50. The van der Waals surface area contributed by atoms with Gasteiger partial charge in [0.2, 0.25) is 0 Å². The molecular formula is C5H10NO. The van der Waals surface area contributed by atoms with Crippen molar-refractivity contribution >= 4 is 0 Å². The second kappa shape index (κ2) is 2.28. The Hall–Kier alpha value is -0.0800. The van der Waals surface area contributed by atoms with E-state index in [4.69, 9.17) is 4.74 Å². The van der Waals surface area contributed by atoms with E-state index in [1.54, 1.807) is 7.11 Å². The minimum atomic E-state index is 0.361. The predicted octanol–water partition coefficient (Wildman–Crippen LogP) is -0.191. The van der Waals surface area contributed by atoms with Gasteiger partial charge in [-0.05, 0) is 0 Å². The third-order valence-corrected chi connectivity index (χ3v) is 1.17. The Kier molecular flexibility index (Phi) is 1.65. The zero-order chi connectivity index (χ0) is 5.11. The Morgan fingerprint density at radius 3 is 3.00 bits per heavy atom. The molecule has 1 atom stereocenters. The summed E-state index contributed by atoms with van der Waals surface area (Å²) in [5.41, 5.74) is 0. The second-order valence-electron chi connectivity index (χ2n) is 1.67. The van der Waals surface area contributed by atoms with Crippen LogP contribution in [0.3, 0.4) is 0 Å². The van der Waals surface area contributed by atoms with Crippen molar-refractivity contribution in [3.63, 3.8) is 0 Å². The lowest BCUT2D eigenvalue weighted by Gasteiger charge is -2.01. The first-order chi connectivity index (χ1) is 3.43. The van der Waals surface area contributed by atoms with Crippen molar-refractivity contribution in [1.82, 2.24) is 5.32 Å². The number of nitrogens with one attached hydrogen (secondary N) is 1. The van der Waals surface area contributed by atoms with Crippen molar-refractivity contribution in [1.29, 1.82) is 0 Å². The van der Waals surface area contributed by atoms with Crippen LogP contribution in [0.25, 0.3) is 0 Å². The van der Waals surface area contributed by atoms with Gasteiger partial charge in [-0.25, -0.2) is 0 Å². The molecule has 1 saturated heterocycles. The molecule has 0 aromatic carbocycles. The van der Waals surface area contributed by atoms with Crippen LogP contribution in [0.1, 0.15) is 0 Å². The summed E-state index contributed by atoms with van der Waals surface area (Å²) in [5.74, 6) is 0. The van der Waals surface area contributed by atoms with Gasteiger partial charge >= 0.3 is 0 Å². The summed E-state index contributed by atoms with van der Waals surface area (Å²) in [7, 11) is 1.73. The van der Waals surface area contributed by atoms with Gasteiger partial charge in [-0.1, -0.05) is 0 Å². The maximum absolute atomic E-state index is 4.99. The molecule has 2 heteroatoms. The molecule has 2 nitrogen and oxygen atoms in total. The fourth-order valence-corrected chi connectivity index (χ4v) is 0.703. The minimum absolute atomic E-state index is 0.361. The Bertz CT molecular complexity index is 50.0. The van der Waals surface area contributed by atoms with E-state index >= 15 is 0 Å². The lowest BCUT2D eigenvalue weighted by molar-refractivity contribution is 0.143. The van der Waals surface area contributed by atoms with Crippen LogP contribution in [0.4, 0.5) is 0 Å². The van der Waals surface area contributed by atoms with Crippen molar-refractivity contribution < 1.29 is 4.74 Å². The quantitative estimate of drug-likeness (QED) is 0.493. The van der Waals surface area contributed by atoms with Gasteiger partial charge in [0.25, 0.3) is 0 Å². The van der Waals surface area contributed by atoms with E-state index in [-0.39, 0.29) is 0 Å². The summed E-state index contributed by atoms with van der Waals surface area (Å²) in [6.07, 6.45) is 2.49. The molecule has 1 rings (SSSR count). The normalized spacial score (nSPS) is 31.3. The molecule has 1 fully saturated rings. The Morgan fingerprint density at radius 1 is 1.86 bits per heavy atom. The third kappa shape index (κ3) is 1.14. The number of ether oxygens (including phenoxy) is 1. The second-order valence-corrected chi connectivity index (χ2v) is 1.67. The summed E-state index contributed by atoms with van der Waals surface area (Å²) in [6.45, 7) is 1.98. The summed E-state index contributed by atoms with van der Waals surface area (Å²) >= 11 is 0. The highest BCUT2D eigenvalue weighted by molar-refractivity contribution is 4.87. The van der Waals surface area contributed by atoms with E-state index in [9.17, 15) is 0 Å². The van der Waals surface area contributed by atoms with Gasteiger partial charge in [-0.3, -0.25) is 0 Å². The van der Waals surface area contributed by atoms with E-state index in [0.29, 0.717) is 6.10 Å². The van der Waals surface area contributed by atoms with E-state index in [1.807, 2.05) is 0 Å². The van der Waals surface area contributed by atoms with Crippen LogP contribution < -0.4 is 5.32 Å².